The molecule has 0 heterocycles. The van der Waals surface area contributed by atoms with Crippen LogP contribution < -0.4 is 10.5 Å². The van der Waals surface area contributed by atoms with Crippen LogP contribution in [0.5, 0.6) is 0 Å². The van der Waals surface area contributed by atoms with E-state index in [0.717, 1.165) is 5.56 Å². The molecule has 0 aliphatic heterocycles. The van der Waals surface area contributed by atoms with E-state index in [1.807, 2.05) is 0 Å². The first-order valence-electron chi connectivity index (χ1n) is 5.28. The van der Waals surface area contributed by atoms with Gasteiger partial charge >= 0.3 is 5.97 Å². The van der Waals surface area contributed by atoms with Crippen LogP contribution in [0.2, 0.25) is 0 Å². The van der Waals surface area contributed by atoms with Gasteiger partial charge in [0.05, 0.1) is 30.7 Å². The van der Waals surface area contributed by atoms with Crippen LogP contribution in [0.15, 0.2) is 18.2 Å². The first-order valence-corrected chi connectivity index (χ1v) is 6.93. The lowest BCUT2D eigenvalue weighted by atomic mass is 10.2. The summed E-state index contributed by atoms with van der Waals surface area (Å²) in [7, 11) is -2.41. The monoisotopic (exact) mass is 272 g/mol. The van der Waals surface area contributed by atoms with Gasteiger partial charge in [0.25, 0.3) is 0 Å². The summed E-state index contributed by atoms with van der Waals surface area (Å²) in [5.41, 5.74) is 7.10. The number of esters is 1. The van der Waals surface area contributed by atoms with Gasteiger partial charge in [-0.05, 0) is 18.6 Å². The van der Waals surface area contributed by atoms with Crippen LogP contribution in [0.1, 0.15) is 12.0 Å². The lowest BCUT2D eigenvalue weighted by Crippen LogP contribution is -2.20. The number of nitrogens with two attached hydrogens (primary N) is 1. The molecule has 0 unspecified atom stereocenters. The normalized spacial score (nSPS) is 11.0. The molecule has 0 bridgehead atoms. The third-order valence-electron chi connectivity index (χ3n) is 2.37. The zero-order valence-corrected chi connectivity index (χ0v) is 11.1. The molecule has 1 aromatic rings. The summed E-state index contributed by atoms with van der Waals surface area (Å²) in [5, 5.41) is 0. The van der Waals surface area contributed by atoms with E-state index in [2.05, 4.69) is 9.46 Å². The second-order valence-corrected chi connectivity index (χ2v) is 5.63. The number of para-hydroxylation sites is 1. The predicted molar refractivity (Wildman–Crippen MR) is 69.6 cm³/mol. The number of rotatable bonds is 5. The van der Waals surface area contributed by atoms with E-state index in [4.69, 9.17) is 5.73 Å². The van der Waals surface area contributed by atoms with Crippen molar-refractivity contribution in [1.29, 1.82) is 0 Å². The third kappa shape index (κ3) is 3.92. The number of hydrogen-bond donors (Lipinski definition) is 2. The molecule has 0 amide bonds. The van der Waals surface area contributed by atoms with Gasteiger partial charge in [-0.15, -0.1) is 0 Å². The van der Waals surface area contributed by atoms with E-state index in [-0.39, 0.29) is 12.2 Å². The van der Waals surface area contributed by atoms with Crippen LogP contribution >= 0.6 is 0 Å². The second kappa shape index (κ2) is 5.72. The highest BCUT2D eigenvalue weighted by Gasteiger charge is 2.16. The summed E-state index contributed by atoms with van der Waals surface area (Å²) in [4.78, 5) is 10.9. The molecule has 1 rings (SSSR count). The van der Waals surface area contributed by atoms with Gasteiger partial charge in [-0.2, -0.15) is 0 Å². The van der Waals surface area contributed by atoms with Crippen LogP contribution in [0.3, 0.4) is 0 Å². The summed E-state index contributed by atoms with van der Waals surface area (Å²) in [6.07, 6.45) is -0.197. The molecule has 0 aromatic heterocycles. The van der Waals surface area contributed by atoms with E-state index in [0.29, 0.717) is 11.4 Å². The SMILES string of the molecule is COC(=O)CCS(=O)(=O)Nc1c(C)cccc1N. The minimum Gasteiger partial charge on any atom is -0.469 e. The summed E-state index contributed by atoms with van der Waals surface area (Å²) in [6, 6.07) is 5.08. The van der Waals surface area contributed by atoms with Crippen molar-refractivity contribution in [2.75, 3.05) is 23.3 Å². The molecular weight excluding hydrogens is 256 g/mol. The Hall–Kier alpha value is -1.76. The Morgan fingerprint density at radius 3 is 2.67 bits per heavy atom. The molecule has 0 fully saturated rings. The number of ether oxygens (including phenoxy) is 1. The molecule has 0 saturated heterocycles. The Morgan fingerprint density at radius 2 is 2.11 bits per heavy atom. The fourth-order valence-electron chi connectivity index (χ4n) is 1.36. The highest BCUT2D eigenvalue weighted by molar-refractivity contribution is 7.92. The van der Waals surface area contributed by atoms with Gasteiger partial charge in [-0.25, -0.2) is 8.42 Å². The molecule has 0 aliphatic rings. The maximum atomic E-state index is 11.8. The molecule has 0 aliphatic carbocycles. The Bertz CT molecular complexity index is 520. The Morgan fingerprint density at radius 1 is 1.44 bits per heavy atom. The van der Waals surface area contributed by atoms with Crippen molar-refractivity contribution >= 4 is 27.4 Å². The molecule has 1 aromatic carbocycles. The van der Waals surface area contributed by atoms with Gasteiger partial charge in [-0.3, -0.25) is 9.52 Å². The smallest absolute Gasteiger partial charge is 0.306 e. The number of anilines is 2. The Labute approximate surface area is 106 Å². The van der Waals surface area contributed by atoms with Crippen molar-refractivity contribution in [3.63, 3.8) is 0 Å². The van der Waals surface area contributed by atoms with Crippen molar-refractivity contribution in [2.24, 2.45) is 0 Å². The predicted octanol–water partition coefficient (Wildman–Crippen LogP) is 0.882. The minimum absolute atomic E-state index is 0.197. The van der Waals surface area contributed by atoms with Crippen LogP contribution in [0.4, 0.5) is 11.4 Å². The zero-order valence-electron chi connectivity index (χ0n) is 10.3. The first-order chi connectivity index (χ1) is 8.35. The van der Waals surface area contributed by atoms with Crippen molar-refractivity contribution in [3.05, 3.63) is 23.8 Å². The number of carbonyl (C=O) groups excluding carboxylic acids is 1. The summed E-state index contributed by atoms with van der Waals surface area (Å²) in [6.45, 7) is 1.74. The van der Waals surface area contributed by atoms with E-state index in [1.54, 1.807) is 25.1 Å². The number of hydrogen-bond acceptors (Lipinski definition) is 5. The van der Waals surface area contributed by atoms with Crippen molar-refractivity contribution in [2.45, 2.75) is 13.3 Å². The molecule has 18 heavy (non-hydrogen) atoms. The molecule has 0 radical (unpaired) electrons. The number of benzene rings is 1. The molecule has 0 atom stereocenters. The van der Waals surface area contributed by atoms with Crippen LogP contribution in [-0.2, 0) is 19.6 Å². The zero-order chi connectivity index (χ0) is 13.8. The second-order valence-electron chi connectivity index (χ2n) is 3.79. The lowest BCUT2D eigenvalue weighted by Gasteiger charge is -2.12. The van der Waals surface area contributed by atoms with Crippen molar-refractivity contribution < 1.29 is 17.9 Å². The summed E-state index contributed by atoms with van der Waals surface area (Å²) >= 11 is 0. The van der Waals surface area contributed by atoms with Gasteiger partial charge in [0.15, 0.2) is 0 Å². The number of aryl methyl sites for hydroxylation is 1. The fraction of sp³-hybridized carbons (Fsp3) is 0.364. The molecule has 7 heteroatoms. The maximum absolute atomic E-state index is 11.8. The van der Waals surface area contributed by atoms with Crippen molar-refractivity contribution in [1.82, 2.24) is 0 Å². The maximum Gasteiger partial charge on any atom is 0.306 e. The van der Waals surface area contributed by atoms with Gasteiger partial charge in [0.1, 0.15) is 0 Å². The van der Waals surface area contributed by atoms with Crippen LogP contribution in [0, 0.1) is 6.92 Å². The van der Waals surface area contributed by atoms with Gasteiger partial charge in [0.2, 0.25) is 10.0 Å². The number of methoxy groups -OCH3 is 1. The molecule has 3 N–H and O–H groups in total. The minimum atomic E-state index is -3.62. The average molecular weight is 272 g/mol. The molecule has 100 valence electrons. The standard InChI is InChI=1S/C11H16N2O4S/c1-8-4-3-5-9(12)11(8)13-18(15,16)7-6-10(14)17-2/h3-5,13H,6-7,12H2,1-2H3. The van der Waals surface area contributed by atoms with E-state index >= 15 is 0 Å². The van der Waals surface area contributed by atoms with E-state index < -0.39 is 16.0 Å². The van der Waals surface area contributed by atoms with E-state index in [9.17, 15) is 13.2 Å². The molecule has 0 saturated carbocycles. The third-order valence-corrected chi connectivity index (χ3v) is 3.62. The lowest BCUT2D eigenvalue weighted by molar-refractivity contribution is -0.140. The van der Waals surface area contributed by atoms with E-state index in [1.165, 1.54) is 7.11 Å². The van der Waals surface area contributed by atoms with Gasteiger partial charge in [0, 0.05) is 0 Å². The Balaban J connectivity index is 2.80. The number of sulfonamides is 1. The van der Waals surface area contributed by atoms with Crippen LogP contribution in [0.25, 0.3) is 0 Å². The fourth-order valence-corrected chi connectivity index (χ4v) is 2.48. The first kappa shape index (κ1) is 14.3. The number of carbonyl (C=O) groups is 1. The van der Waals surface area contributed by atoms with Gasteiger partial charge in [-0.1, -0.05) is 12.1 Å². The molecule has 6 nitrogen and oxygen atoms in total. The number of nitrogen functional groups attached to an aromatic ring is 1. The number of nitrogens with one attached hydrogen (secondary N) is 1. The largest absolute Gasteiger partial charge is 0.469 e. The quantitative estimate of drug-likeness (QED) is 0.612. The topological polar surface area (TPSA) is 98.5 Å². The van der Waals surface area contributed by atoms with Crippen molar-refractivity contribution in [3.8, 4) is 0 Å². The van der Waals surface area contributed by atoms with Gasteiger partial charge < -0.3 is 10.5 Å². The highest BCUT2D eigenvalue weighted by Crippen LogP contribution is 2.23. The summed E-state index contributed by atoms with van der Waals surface area (Å²) < 4.78 is 30.3. The van der Waals surface area contributed by atoms with Crippen LogP contribution in [-0.4, -0.2) is 27.2 Å². The molecule has 0 spiro atoms. The molecular formula is C11H16N2O4S. The average Bonchev–Trinajstić information content (AvgIpc) is 2.31. The Kier molecular flexibility index (Phi) is 4.55. The summed E-state index contributed by atoms with van der Waals surface area (Å²) in [5.74, 6) is -0.911. The highest BCUT2D eigenvalue weighted by atomic mass is 32.2.